The minimum Gasteiger partial charge on any atom is -0.375 e. The fraction of sp³-hybridized carbons (Fsp3) is 0.562. The maximum Gasteiger partial charge on any atom is 0.111 e. The third-order valence-electron chi connectivity index (χ3n) is 4.09. The average molecular weight is 327 g/mol. The van der Waals surface area contributed by atoms with E-state index in [1.54, 1.807) is 0 Å². The summed E-state index contributed by atoms with van der Waals surface area (Å²) in [5, 5.41) is 0.755. The lowest BCUT2D eigenvalue weighted by Gasteiger charge is -2.37. The second-order valence-corrected chi connectivity index (χ2v) is 6.98. The van der Waals surface area contributed by atoms with E-state index in [1.165, 1.54) is 0 Å². The molecule has 1 aliphatic heterocycles. The number of ether oxygens (including phenoxy) is 1. The van der Waals surface area contributed by atoms with Gasteiger partial charge in [-0.1, -0.05) is 17.7 Å². The van der Waals surface area contributed by atoms with E-state index in [-0.39, 0.29) is 5.60 Å². The summed E-state index contributed by atoms with van der Waals surface area (Å²) in [7, 11) is 0. The standard InChI is InChI=1S/C16H20Cl2N2O/c1-16(2)10-11(7-9-21-16)20-14(6-8-17)19-13-5-3-4-12(18)15(13)20/h3-5,11H,6-10H2,1-2H3. The molecule has 1 atom stereocenters. The van der Waals surface area contributed by atoms with Crippen molar-refractivity contribution in [3.05, 3.63) is 29.0 Å². The van der Waals surface area contributed by atoms with Gasteiger partial charge >= 0.3 is 0 Å². The van der Waals surface area contributed by atoms with Crippen molar-refractivity contribution in [2.45, 2.75) is 44.8 Å². The van der Waals surface area contributed by atoms with Gasteiger partial charge in [0, 0.05) is 24.9 Å². The molecule has 1 aromatic heterocycles. The van der Waals surface area contributed by atoms with Gasteiger partial charge in [-0.05, 0) is 38.8 Å². The molecule has 1 aromatic carbocycles. The first-order valence-corrected chi connectivity index (χ1v) is 8.28. The van der Waals surface area contributed by atoms with Crippen LogP contribution in [0.15, 0.2) is 18.2 Å². The quantitative estimate of drug-likeness (QED) is 0.770. The summed E-state index contributed by atoms with van der Waals surface area (Å²) in [5.74, 6) is 1.59. The summed E-state index contributed by atoms with van der Waals surface area (Å²) in [4.78, 5) is 4.74. The van der Waals surface area contributed by atoms with Gasteiger partial charge in [0.15, 0.2) is 0 Å². The number of alkyl halides is 1. The Morgan fingerprint density at radius 3 is 2.95 bits per heavy atom. The van der Waals surface area contributed by atoms with Crippen LogP contribution < -0.4 is 0 Å². The Morgan fingerprint density at radius 1 is 1.43 bits per heavy atom. The van der Waals surface area contributed by atoms with Crippen LogP contribution in [-0.2, 0) is 11.2 Å². The van der Waals surface area contributed by atoms with E-state index in [9.17, 15) is 0 Å². The highest BCUT2D eigenvalue weighted by molar-refractivity contribution is 6.35. The molecule has 0 radical (unpaired) electrons. The zero-order valence-corrected chi connectivity index (χ0v) is 13.9. The van der Waals surface area contributed by atoms with E-state index < -0.39 is 0 Å². The maximum atomic E-state index is 6.44. The van der Waals surface area contributed by atoms with Crippen molar-refractivity contribution in [1.82, 2.24) is 9.55 Å². The maximum absolute atomic E-state index is 6.44. The van der Waals surface area contributed by atoms with Gasteiger partial charge in [0.25, 0.3) is 0 Å². The molecule has 0 aliphatic carbocycles. The van der Waals surface area contributed by atoms with E-state index in [2.05, 4.69) is 18.4 Å². The third-order valence-corrected chi connectivity index (χ3v) is 4.58. The Bertz CT molecular complexity index is 651. The van der Waals surface area contributed by atoms with E-state index in [0.29, 0.717) is 11.9 Å². The highest BCUT2D eigenvalue weighted by atomic mass is 35.5. The van der Waals surface area contributed by atoms with Gasteiger partial charge in [-0.3, -0.25) is 0 Å². The molecule has 1 saturated heterocycles. The van der Waals surface area contributed by atoms with Crippen LogP contribution in [0.5, 0.6) is 0 Å². The fourth-order valence-electron chi connectivity index (χ4n) is 3.23. The second kappa shape index (κ2) is 5.79. The number of fused-ring (bicyclic) bond motifs is 1. The molecule has 2 aromatic rings. The number of benzene rings is 1. The van der Waals surface area contributed by atoms with E-state index in [0.717, 1.165) is 47.7 Å². The summed E-state index contributed by atoms with van der Waals surface area (Å²) in [6, 6.07) is 6.24. The van der Waals surface area contributed by atoms with E-state index in [1.807, 2.05) is 18.2 Å². The Kier molecular flexibility index (Phi) is 4.17. The molecule has 1 aliphatic rings. The monoisotopic (exact) mass is 326 g/mol. The number of rotatable bonds is 3. The van der Waals surface area contributed by atoms with Crippen molar-refractivity contribution >= 4 is 34.2 Å². The lowest BCUT2D eigenvalue weighted by atomic mass is 9.93. The molecular weight excluding hydrogens is 307 g/mol. The molecule has 0 amide bonds. The SMILES string of the molecule is CC1(C)CC(n2c(CCCl)nc3cccc(Cl)c32)CCO1. The van der Waals surface area contributed by atoms with Crippen molar-refractivity contribution in [3.8, 4) is 0 Å². The number of hydrogen-bond donors (Lipinski definition) is 0. The van der Waals surface area contributed by atoms with Crippen LogP contribution in [0.3, 0.4) is 0 Å². The third kappa shape index (κ3) is 2.92. The van der Waals surface area contributed by atoms with Gasteiger partial charge in [-0.15, -0.1) is 11.6 Å². The first-order chi connectivity index (χ1) is 10.0. The Morgan fingerprint density at radius 2 is 2.24 bits per heavy atom. The summed E-state index contributed by atoms with van der Waals surface area (Å²) < 4.78 is 8.14. The van der Waals surface area contributed by atoms with Crippen LogP contribution in [0.2, 0.25) is 5.02 Å². The molecule has 5 heteroatoms. The van der Waals surface area contributed by atoms with Crippen molar-refractivity contribution < 1.29 is 4.74 Å². The minimum absolute atomic E-state index is 0.112. The van der Waals surface area contributed by atoms with Crippen molar-refractivity contribution in [2.75, 3.05) is 12.5 Å². The second-order valence-electron chi connectivity index (χ2n) is 6.20. The van der Waals surface area contributed by atoms with Crippen molar-refractivity contribution in [3.63, 3.8) is 0 Å². The first-order valence-electron chi connectivity index (χ1n) is 7.37. The summed E-state index contributed by atoms with van der Waals surface area (Å²) in [6.07, 6.45) is 2.69. The molecule has 0 bridgehead atoms. The minimum atomic E-state index is -0.112. The lowest BCUT2D eigenvalue weighted by molar-refractivity contribution is -0.0688. The molecule has 0 saturated carbocycles. The topological polar surface area (TPSA) is 27.1 Å². The predicted octanol–water partition coefficient (Wildman–Crippen LogP) is 4.60. The van der Waals surface area contributed by atoms with Gasteiger partial charge < -0.3 is 9.30 Å². The number of imidazole rings is 1. The summed E-state index contributed by atoms with van der Waals surface area (Å²) in [6.45, 7) is 5.05. The van der Waals surface area contributed by atoms with Crippen LogP contribution in [0.4, 0.5) is 0 Å². The molecule has 21 heavy (non-hydrogen) atoms. The lowest BCUT2D eigenvalue weighted by Crippen LogP contribution is -2.35. The first kappa shape index (κ1) is 15.1. The van der Waals surface area contributed by atoms with Gasteiger partial charge in [0.1, 0.15) is 5.82 Å². The van der Waals surface area contributed by atoms with E-state index >= 15 is 0 Å². The summed E-state index contributed by atoms with van der Waals surface area (Å²) >= 11 is 12.4. The van der Waals surface area contributed by atoms with Crippen LogP contribution in [-0.4, -0.2) is 27.6 Å². The number of para-hydroxylation sites is 1. The molecule has 2 heterocycles. The van der Waals surface area contributed by atoms with Crippen LogP contribution >= 0.6 is 23.2 Å². The fourth-order valence-corrected chi connectivity index (χ4v) is 3.66. The number of nitrogens with zero attached hydrogens (tertiary/aromatic N) is 2. The molecule has 0 N–H and O–H groups in total. The van der Waals surface area contributed by atoms with Crippen molar-refractivity contribution in [2.24, 2.45) is 0 Å². The highest BCUT2D eigenvalue weighted by Gasteiger charge is 2.32. The van der Waals surface area contributed by atoms with Gasteiger partial charge in [0.2, 0.25) is 0 Å². The van der Waals surface area contributed by atoms with Gasteiger partial charge in [0.05, 0.1) is 21.7 Å². The summed E-state index contributed by atoms with van der Waals surface area (Å²) in [5.41, 5.74) is 1.87. The Balaban J connectivity index is 2.12. The normalized spacial score (nSPS) is 21.8. The highest BCUT2D eigenvalue weighted by Crippen LogP contribution is 2.37. The molecule has 3 nitrogen and oxygen atoms in total. The zero-order valence-electron chi connectivity index (χ0n) is 12.4. The molecular formula is C16H20Cl2N2O. The number of halogens is 2. The number of hydrogen-bond acceptors (Lipinski definition) is 2. The van der Waals surface area contributed by atoms with Crippen molar-refractivity contribution in [1.29, 1.82) is 0 Å². The van der Waals surface area contributed by atoms with Crippen LogP contribution in [0, 0.1) is 0 Å². The molecule has 3 rings (SSSR count). The Hall–Kier alpha value is -0.770. The number of aromatic nitrogens is 2. The Labute approximate surface area is 135 Å². The number of aryl methyl sites for hydroxylation is 1. The average Bonchev–Trinajstić information content (AvgIpc) is 2.77. The smallest absolute Gasteiger partial charge is 0.111 e. The largest absolute Gasteiger partial charge is 0.375 e. The van der Waals surface area contributed by atoms with Crippen LogP contribution in [0.25, 0.3) is 11.0 Å². The predicted molar refractivity (Wildman–Crippen MR) is 87.5 cm³/mol. The molecule has 114 valence electrons. The zero-order chi connectivity index (χ0) is 15.0. The molecule has 1 unspecified atom stereocenters. The van der Waals surface area contributed by atoms with E-state index in [4.69, 9.17) is 32.9 Å². The van der Waals surface area contributed by atoms with Gasteiger partial charge in [-0.2, -0.15) is 0 Å². The molecule has 0 spiro atoms. The van der Waals surface area contributed by atoms with Gasteiger partial charge in [-0.25, -0.2) is 4.98 Å². The van der Waals surface area contributed by atoms with Crippen LogP contribution in [0.1, 0.15) is 38.6 Å². The molecule has 1 fully saturated rings.